The van der Waals surface area contributed by atoms with Gasteiger partial charge in [0, 0.05) is 25.3 Å². The molecule has 1 aliphatic heterocycles. The third-order valence-corrected chi connectivity index (χ3v) is 4.12. The molecule has 0 unspecified atom stereocenters. The summed E-state index contributed by atoms with van der Waals surface area (Å²) in [5.41, 5.74) is 10.4. The van der Waals surface area contributed by atoms with E-state index in [0.717, 1.165) is 42.4 Å². The predicted molar refractivity (Wildman–Crippen MR) is 88.2 cm³/mol. The van der Waals surface area contributed by atoms with Gasteiger partial charge in [-0.2, -0.15) is 0 Å². The van der Waals surface area contributed by atoms with Crippen molar-refractivity contribution in [2.75, 3.05) is 26.0 Å². The van der Waals surface area contributed by atoms with E-state index < -0.39 is 0 Å². The van der Waals surface area contributed by atoms with E-state index in [2.05, 4.69) is 17.0 Å². The lowest BCUT2D eigenvalue weighted by molar-refractivity contribution is 0.211. The molecule has 0 saturated heterocycles. The minimum Gasteiger partial charge on any atom is -0.497 e. The Labute approximate surface area is 131 Å². The van der Waals surface area contributed by atoms with Crippen LogP contribution in [-0.2, 0) is 13.1 Å². The second-order valence-corrected chi connectivity index (χ2v) is 5.71. The van der Waals surface area contributed by atoms with E-state index in [1.165, 1.54) is 11.1 Å². The van der Waals surface area contributed by atoms with Gasteiger partial charge in [-0.15, -0.1) is 0 Å². The highest BCUT2D eigenvalue weighted by atomic mass is 16.5. The molecule has 4 heteroatoms. The van der Waals surface area contributed by atoms with Gasteiger partial charge in [0.2, 0.25) is 0 Å². The van der Waals surface area contributed by atoms with Crippen LogP contribution in [0.3, 0.4) is 0 Å². The first-order chi connectivity index (χ1) is 10.7. The number of aryl methyl sites for hydroxylation is 1. The molecule has 0 saturated carbocycles. The minimum absolute atomic E-state index is 0.675. The molecule has 0 atom stereocenters. The lowest BCUT2D eigenvalue weighted by Crippen LogP contribution is -2.22. The number of hydrogen-bond donors (Lipinski definition) is 1. The SMILES string of the molecule is COc1ccc2c(c1)CN(CCOc1ccc(N)c(C)c1)C2. The lowest BCUT2D eigenvalue weighted by atomic mass is 10.1. The molecule has 0 fully saturated rings. The Balaban J connectivity index is 1.52. The summed E-state index contributed by atoms with van der Waals surface area (Å²) in [6.45, 7) is 5.50. The normalized spacial score (nSPS) is 13.9. The Morgan fingerprint density at radius 1 is 1.05 bits per heavy atom. The van der Waals surface area contributed by atoms with Crippen LogP contribution in [0.2, 0.25) is 0 Å². The number of fused-ring (bicyclic) bond motifs is 1. The molecule has 3 rings (SSSR count). The number of ether oxygens (including phenoxy) is 2. The molecule has 0 bridgehead atoms. The van der Waals surface area contributed by atoms with Gasteiger partial charge in [0.15, 0.2) is 0 Å². The summed E-state index contributed by atoms with van der Waals surface area (Å²) < 4.78 is 11.1. The van der Waals surface area contributed by atoms with Gasteiger partial charge < -0.3 is 15.2 Å². The molecule has 2 N–H and O–H groups in total. The van der Waals surface area contributed by atoms with Gasteiger partial charge in [0.05, 0.1) is 7.11 Å². The first kappa shape index (κ1) is 14.7. The molecule has 4 nitrogen and oxygen atoms in total. The zero-order valence-electron chi connectivity index (χ0n) is 13.1. The monoisotopic (exact) mass is 298 g/mol. The zero-order chi connectivity index (χ0) is 15.5. The quantitative estimate of drug-likeness (QED) is 0.862. The van der Waals surface area contributed by atoms with Crippen LogP contribution < -0.4 is 15.2 Å². The fraction of sp³-hybridized carbons (Fsp3) is 0.333. The van der Waals surface area contributed by atoms with E-state index in [1.54, 1.807) is 7.11 Å². The van der Waals surface area contributed by atoms with E-state index in [-0.39, 0.29) is 0 Å². The predicted octanol–water partition coefficient (Wildman–Crippen LogP) is 2.98. The molecule has 0 spiro atoms. The Bertz CT molecular complexity index is 670. The van der Waals surface area contributed by atoms with E-state index in [1.807, 2.05) is 31.2 Å². The highest BCUT2D eigenvalue weighted by Crippen LogP contribution is 2.26. The van der Waals surface area contributed by atoms with Gasteiger partial charge in [-0.25, -0.2) is 0 Å². The van der Waals surface area contributed by atoms with Crippen LogP contribution in [-0.4, -0.2) is 25.2 Å². The van der Waals surface area contributed by atoms with Gasteiger partial charge in [-0.1, -0.05) is 6.07 Å². The summed E-state index contributed by atoms with van der Waals surface area (Å²) in [6.07, 6.45) is 0. The van der Waals surface area contributed by atoms with Crippen molar-refractivity contribution in [1.82, 2.24) is 4.90 Å². The summed E-state index contributed by atoms with van der Waals surface area (Å²) in [6, 6.07) is 12.1. The van der Waals surface area contributed by atoms with Crippen molar-refractivity contribution in [3.05, 3.63) is 53.1 Å². The molecule has 0 amide bonds. The molecule has 0 radical (unpaired) electrons. The number of methoxy groups -OCH3 is 1. The number of benzene rings is 2. The second-order valence-electron chi connectivity index (χ2n) is 5.71. The summed E-state index contributed by atoms with van der Waals surface area (Å²) in [7, 11) is 1.71. The number of nitrogen functional groups attached to an aromatic ring is 1. The Hall–Kier alpha value is -2.20. The van der Waals surface area contributed by atoms with Crippen LogP contribution in [0.4, 0.5) is 5.69 Å². The molecular weight excluding hydrogens is 276 g/mol. The van der Waals surface area contributed by atoms with Gasteiger partial charge in [-0.05, 0) is 53.9 Å². The first-order valence-electron chi connectivity index (χ1n) is 7.53. The van der Waals surface area contributed by atoms with Gasteiger partial charge in [-0.3, -0.25) is 4.90 Å². The van der Waals surface area contributed by atoms with Crippen molar-refractivity contribution in [2.45, 2.75) is 20.0 Å². The van der Waals surface area contributed by atoms with Crippen molar-refractivity contribution < 1.29 is 9.47 Å². The minimum atomic E-state index is 0.675. The smallest absolute Gasteiger partial charge is 0.119 e. The highest BCUT2D eigenvalue weighted by molar-refractivity contribution is 5.49. The molecule has 1 heterocycles. The Kier molecular flexibility index (Phi) is 4.20. The maximum atomic E-state index is 5.83. The number of rotatable bonds is 5. The van der Waals surface area contributed by atoms with Crippen molar-refractivity contribution in [3.63, 3.8) is 0 Å². The molecule has 2 aromatic rings. The van der Waals surface area contributed by atoms with Crippen LogP contribution in [0, 0.1) is 6.92 Å². The van der Waals surface area contributed by atoms with E-state index in [0.29, 0.717) is 6.61 Å². The van der Waals surface area contributed by atoms with Crippen LogP contribution in [0.1, 0.15) is 16.7 Å². The van der Waals surface area contributed by atoms with Crippen LogP contribution in [0.25, 0.3) is 0 Å². The lowest BCUT2D eigenvalue weighted by Gasteiger charge is -2.15. The first-order valence-corrected chi connectivity index (χ1v) is 7.53. The van der Waals surface area contributed by atoms with E-state index >= 15 is 0 Å². The molecule has 0 aromatic heterocycles. The molecule has 1 aliphatic rings. The molecular formula is C18H22N2O2. The number of anilines is 1. The Morgan fingerprint density at radius 2 is 1.82 bits per heavy atom. The summed E-state index contributed by atoms with van der Waals surface area (Å²) in [5, 5.41) is 0. The fourth-order valence-corrected chi connectivity index (χ4v) is 2.76. The zero-order valence-corrected chi connectivity index (χ0v) is 13.1. The van der Waals surface area contributed by atoms with Gasteiger partial charge in [0.1, 0.15) is 18.1 Å². The molecule has 2 aromatic carbocycles. The van der Waals surface area contributed by atoms with Crippen LogP contribution in [0.15, 0.2) is 36.4 Å². The highest BCUT2D eigenvalue weighted by Gasteiger charge is 2.19. The number of hydrogen-bond acceptors (Lipinski definition) is 4. The molecule has 116 valence electrons. The van der Waals surface area contributed by atoms with Crippen molar-refractivity contribution in [3.8, 4) is 11.5 Å². The van der Waals surface area contributed by atoms with Gasteiger partial charge >= 0.3 is 0 Å². The van der Waals surface area contributed by atoms with Crippen molar-refractivity contribution in [1.29, 1.82) is 0 Å². The molecule has 0 aliphatic carbocycles. The van der Waals surface area contributed by atoms with Crippen LogP contribution >= 0.6 is 0 Å². The largest absolute Gasteiger partial charge is 0.497 e. The topological polar surface area (TPSA) is 47.7 Å². The standard InChI is InChI=1S/C18H22N2O2/c1-13-9-17(5-6-18(13)19)22-8-7-20-11-14-3-4-16(21-2)10-15(14)12-20/h3-6,9-10H,7-8,11-12,19H2,1-2H3. The van der Waals surface area contributed by atoms with Crippen LogP contribution in [0.5, 0.6) is 11.5 Å². The Morgan fingerprint density at radius 3 is 2.59 bits per heavy atom. The van der Waals surface area contributed by atoms with E-state index in [9.17, 15) is 0 Å². The van der Waals surface area contributed by atoms with Gasteiger partial charge in [0.25, 0.3) is 0 Å². The van der Waals surface area contributed by atoms with Crippen molar-refractivity contribution >= 4 is 5.69 Å². The third-order valence-electron chi connectivity index (χ3n) is 4.12. The average molecular weight is 298 g/mol. The molecule has 22 heavy (non-hydrogen) atoms. The maximum Gasteiger partial charge on any atom is 0.119 e. The summed E-state index contributed by atoms with van der Waals surface area (Å²) in [5.74, 6) is 1.80. The maximum absolute atomic E-state index is 5.83. The number of nitrogens with two attached hydrogens (primary N) is 1. The fourth-order valence-electron chi connectivity index (χ4n) is 2.76. The summed E-state index contributed by atoms with van der Waals surface area (Å²) in [4.78, 5) is 2.38. The summed E-state index contributed by atoms with van der Waals surface area (Å²) >= 11 is 0. The third kappa shape index (κ3) is 3.17. The number of nitrogens with zero attached hydrogens (tertiary/aromatic N) is 1. The average Bonchev–Trinajstić information content (AvgIpc) is 2.92. The van der Waals surface area contributed by atoms with E-state index in [4.69, 9.17) is 15.2 Å². The second kappa shape index (κ2) is 6.28. The van der Waals surface area contributed by atoms with Crippen molar-refractivity contribution in [2.24, 2.45) is 0 Å².